The maximum Gasteiger partial charge on any atom is 0.359 e. The number of ether oxygens (including phenoxy) is 2. The Balaban J connectivity index is 1.41. The van der Waals surface area contributed by atoms with Gasteiger partial charge in [-0.05, 0) is 48.7 Å². The van der Waals surface area contributed by atoms with Crippen LogP contribution in [0.4, 0.5) is 5.13 Å². The summed E-state index contributed by atoms with van der Waals surface area (Å²) >= 11 is 2.80. The van der Waals surface area contributed by atoms with Crippen LogP contribution in [-0.4, -0.2) is 61.4 Å². The summed E-state index contributed by atoms with van der Waals surface area (Å²) in [5, 5.41) is 13.7. The first-order chi connectivity index (χ1) is 21.2. The number of amides is 1. The summed E-state index contributed by atoms with van der Waals surface area (Å²) in [6, 6.07) is 14.7. The lowest BCUT2D eigenvalue weighted by Gasteiger charge is -2.30. The molecular weight excluding hydrogens is 613 g/mol. The third kappa shape index (κ3) is 7.54. The van der Waals surface area contributed by atoms with Gasteiger partial charge in [0.2, 0.25) is 0 Å². The molecule has 230 valence electrons. The highest BCUT2D eigenvalue weighted by Gasteiger charge is 2.28. The normalized spacial score (nSPS) is 13.6. The molecule has 1 aliphatic rings. The summed E-state index contributed by atoms with van der Waals surface area (Å²) in [4.78, 5) is 38.3. The number of aromatic nitrogens is 2. The smallest absolute Gasteiger partial charge is 0.359 e. The minimum atomic E-state index is -1.36. The third-order valence-corrected chi connectivity index (χ3v) is 10.9. The summed E-state index contributed by atoms with van der Waals surface area (Å²) in [5.74, 6) is 4.65. The Labute approximate surface area is 266 Å². The van der Waals surface area contributed by atoms with Crippen molar-refractivity contribution in [2.45, 2.75) is 51.8 Å². The maximum atomic E-state index is 13.9. The molecule has 2 aromatic carbocycles. The van der Waals surface area contributed by atoms with Crippen molar-refractivity contribution in [3.05, 3.63) is 74.7 Å². The van der Waals surface area contributed by atoms with Crippen LogP contribution in [0.5, 0.6) is 0 Å². The molecule has 1 amide bonds. The zero-order valence-electron chi connectivity index (χ0n) is 25.3. The van der Waals surface area contributed by atoms with E-state index in [2.05, 4.69) is 41.8 Å². The molecule has 3 heterocycles. The number of anilines is 1. The second kappa shape index (κ2) is 14.0. The molecule has 2 N–H and O–H groups in total. The fraction of sp³-hybridized carbons (Fsp3) is 0.375. The zero-order valence-corrected chi connectivity index (χ0v) is 27.9. The SMILES string of the molecule is CCOC(=O)c1nc(N2CCc3cccc(C(=O)NC(OCC[Si](C)(C)C)c4nc5ccccc5s4)c3C2)sc1C#CCO. The number of benzene rings is 2. The number of thiazole rings is 2. The minimum Gasteiger partial charge on any atom is -0.461 e. The van der Waals surface area contributed by atoms with Gasteiger partial charge in [-0.15, -0.1) is 11.3 Å². The molecule has 2 aromatic heterocycles. The van der Waals surface area contributed by atoms with Crippen molar-refractivity contribution in [1.82, 2.24) is 15.3 Å². The average Bonchev–Trinajstić information content (AvgIpc) is 3.63. The monoisotopic (exact) mass is 648 g/mol. The van der Waals surface area contributed by atoms with Crippen molar-refractivity contribution in [2.75, 3.05) is 31.3 Å². The number of nitrogens with one attached hydrogen (secondary N) is 1. The second-order valence-corrected chi connectivity index (χ2v) is 19.2. The van der Waals surface area contributed by atoms with Gasteiger partial charge in [0.25, 0.3) is 5.91 Å². The van der Waals surface area contributed by atoms with Gasteiger partial charge in [0.1, 0.15) is 16.5 Å². The molecule has 0 saturated carbocycles. The molecule has 9 nitrogen and oxygen atoms in total. The van der Waals surface area contributed by atoms with Gasteiger partial charge in [0.05, 0.1) is 16.8 Å². The van der Waals surface area contributed by atoms with Gasteiger partial charge in [-0.1, -0.05) is 67.1 Å². The molecule has 1 atom stereocenters. The zero-order chi connectivity index (χ0) is 31.3. The lowest BCUT2D eigenvalue weighted by Crippen LogP contribution is -2.35. The van der Waals surface area contributed by atoms with Gasteiger partial charge in [0, 0.05) is 33.3 Å². The van der Waals surface area contributed by atoms with Crippen molar-refractivity contribution in [3.63, 3.8) is 0 Å². The number of aliphatic hydroxyl groups excluding tert-OH is 1. The lowest BCUT2D eigenvalue weighted by molar-refractivity contribution is 0.0332. The second-order valence-electron chi connectivity index (χ2n) is 11.5. The molecule has 0 saturated heterocycles. The van der Waals surface area contributed by atoms with E-state index in [1.165, 1.54) is 22.7 Å². The largest absolute Gasteiger partial charge is 0.461 e. The van der Waals surface area contributed by atoms with E-state index in [4.69, 9.17) is 14.5 Å². The van der Waals surface area contributed by atoms with Crippen LogP contribution in [0, 0.1) is 11.8 Å². The first-order valence-corrected chi connectivity index (χ1v) is 19.9. The Morgan fingerprint density at radius 2 is 1.95 bits per heavy atom. The molecule has 1 aliphatic heterocycles. The lowest BCUT2D eigenvalue weighted by atomic mass is 9.94. The van der Waals surface area contributed by atoms with E-state index in [9.17, 15) is 14.7 Å². The Morgan fingerprint density at radius 3 is 2.70 bits per heavy atom. The number of nitrogens with zero attached hydrogens (tertiary/aromatic N) is 3. The summed E-state index contributed by atoms with van der Waals surface area (Å²) in [7, 11) is -1.36. The van der Waals surface area contributed by atoms with Crippen LogP contribution in [0.25, 0.3) is 10.2 Å². The highest BCUT2D eigenvalue weighted by atomic mass is 32.1. The highest BCUT2D eigenvalue weighted by Crippen LogP contribution is 2.33. The van der Waals surface area contributed by atoms with Crippen LogP contribution in [0.15, 0.2) is 42.5 Å². The molecule has 5 rings (SSSR count). The summed E-state index contributed by atoms with van der Waals surface area (Å²) in [6.07, 6.45) is 0.0294. The number of para-hydroxylation sites is 1. The van der Waals surface area contributed by atoms with Gasteiger partial charge in [-0.3, -0.25) is 4.79 Å². The number of hydrogen-bond donors (Lipinski definition) is 2. The number of fused-ring (bicyclic) bond motifs is 2. The molecule has 44 heavy (non-hydrogen) atoms. The van der Waals surface area contributed by atoms with Crippen LogP contribution in [-0.2, 0) is 22.4 Å². The summed E-state index contributed by atoms with van der Waals surface area (Å²) < 4.78 is 12.5. The van der Waals surface area contributed by atoms with E-state index < -0.39 is 20.3 Å². The van der Waals surface area contributed by atoms with Crippen molar-refractivity contribution in [1.29, 1.82) is 0 Å². The van der Waals surface area contributed by atoms with E-state index in [0.717, 1.165) is 27.4 Å². The molecule has 0 radical (unpaired) electrons. The van der Waals surface area contributed by atoms with Crippen molar-refractivity contribution in [3.8, 4) is 11.8 Å². The minimum absolute atomic E-state index is 0.138. The van der Waals surface area contributed by atoms with Crippen LogP contribution >= 0.6 is 22.7 Å². The van der Waals surface area contributed by atoms with Crippen LogP contribution in [0.1, 0.15) is 55.0 Å². The molecule has 0 bridgehead atoms. The number of carbonyl (C=O) groups is 2. The van der Waals surface area contributed by atoms with Gasteiger partial charge in [-0.25, -0.2) is 14.8 Å². The Bertz CT molecular complexity index is 1690. The Morgan fingerprint density at radius 1 is 1.14 bits per heavy atom. The van der Waals surface area contributed by atoms with Gasteiger partial charge < -0.3 is 24.8 Å². The van der Waals surface area contributed by atoms with E-state index >= 15 is 0 Å². The molecular formula is C32H36N4O5S2Si. The quantitative estimate of drug-likeness (QED) is 0.0987. The highest BCUT2D eigenvalue weighted by molar-refractivity contribution is 7.18. The molecule has 1 unspecified atom stereocenters. The Kier molecular flexibility index (Phi) is 10.1. The Hall–Kier alpha value is -3.60. The van der Waals surface area contributed by atoms with Crippen molar-refractivity contribution >= 4 is 58.0 Å². The number of hydrogen-bond acceptors (Lipinski definition) is 10. The van der Waals surface area contributed by atoms with Crippen LogP contribution in [0.3, 0.4) is 0 Å². The molecule has 0 aliphatic carbocycles. The van der Waals surface area contributed by atoms with Crippen molar-refractivity contribution < 1.29 is 24.2 Å². The standard InChI is InChI=1S/C32H36N4O5S2Si/c1-5-40-31(39)27-26(14-9-17-37)43-32(34-27)36-16-15-21-10-8-11-22(23(21)20-36)28(38)35-29(41-18-19-44(2,3)4)30-33-24-12-6-7-13-25(24)42-30/h6-8,10-13,29,37H,5,15-20H2,1-4H3,(H,35,38). The van der Waals surface area contributed by atoms with Gasteiger partial charge in [0.15, 0.2) is 17.1 Å². The molecule has 0 fully saturated rings. The number of rotatable bonds is 10. The van der Waals surface area contributed by atoms with E-state index in [0.29, 0.717) is 46.7 Å². The predicted molar refractivity (Wildman–Crippen MR) is 177 cm³/mol. The third-order valence-electron chi connectivity index (χ3n) is 7.09. The maximum absolute atomic E-state index is 13.9. The summed E-state index contributed by atoms with van der Waals surface area (Å²) in [6.45, 7) is 10.1. The van der Waals surface area contributed by atoms with Gasteiger partial charge >= 0.3 is 5.97 Å². The molecule has 12 heteroatoms. The first kappa shape index (κ1) is 31.8. The van der Waals surface area contributed by atoms with Gasteiger partial charge in [-0.2, -0.15) is 0 Å². The van der Waals surface area contributed by atoms with E-state index in [-0.39, 0.29) is 24.8 Å². The van der Waals surface area contributed by atoms with Crippen LogP contribution < -0.4 is 10.2 Å². The summed E-state index contributed by atoms with van der Waals surface area (Å²) in [5.41, 5.74) is 3.57. The number of esters is 1. The van der Waals surface area contributed by atoms with E-state index in [1.54, 1.807) is 6.92 Å². The average molecular weight is 649 g/mol. The predicted octanol–water partition coefficient (Wildman–Crippen LogP) is 5.62. The number of carbonyl (C=O) groups excluding carboxylic acids is 2. The topological polar surface area (TPSA) is 114 Å². The fourth-order valence-electron chi connectivity index (χ4n) is 4.80. The van der Waals surface area contributed by atoms with E-state index in [1.807, 2.05) is 47.4 Å². The van der Waals surface area contributed by atoms with Crippen molar-refractivity contribution in [2.24, 2.45) is 0 Å². The van der Waals surface area contributed by atoms with Crippen LogP contribution in [0.2, 0.25) is 25.7 Å². The number of aliphatic hydroxyl groups is 1. The fourth-order valence-corrected chi connectivity index (χ4v) is 7.45. The first-order valence-electron chi connectivity index (χ1n) is 14.6. The molecule has 0 spiro atoms. The molecule has 4 aromatic rings.